The van der Waals surface area contributed by atoms with Crippen molar-refractivity contribution in [1.82, 2.24) is 9.71 Å². The van der Waals surface area contributed by atoms with E-state index in [9.17, 15) is 18.3 Å². The van der Waals surface area contributed by atoms with Crippen LogP contribution in [0.5, 0.6) is 0 Å². The van der Waals surface area contributed by atoms with Crippen LogP contribution < -0.4 is 4.72 Å². The highest BCUT2D eigenvalue weighted by molar-refractivity contribution is 7.89. The first kappa shape index (κ1) is 17.4. The average Bonchev–Trinajstić information content (AvgIpc) is 2.44. The number of nitrogens with one attached hydrogen (secondary N) is 1. The highest BCUT2D eigenvalue weighted by atomic mass is 32.2. The van der Waals surface area contributed by atoms with Gasteiger partial charge < -0.3 is 5.11 Å². The van der Waals surface area contributed by atoms with E-state index in [-0.39, 0.29) is 17.2 Å². The molecular formula is C16H20N2O4S. The Bertz CT molecular complexity index is 831. The normalized spacial score (nSPS) is 13.4. The minimum absolute atomic E-state index is 0.00925. The number of rotatable bonds is 6. The first-order valence-corrected chi connectivity index (χ1v) is 8.79. The van der Waals surface area contributed by atoms with E-state index < -0.39 is 22.0 Å². The Kier molecular flexibility index (Phi) is 5.01. The number of benzene rings is 1. The fraction of sp³-hybridized carbons (Fsp3) is 0.375. The van der Waals surface area contributed by atoms with Crippen LogP contribution >= 0.6 is 0 Å². The minimum atomic E-state index is -3.98. The number of carboxylic acids is 1. The minimum Gasteiger partial charge on any atom is -0.480 e. The maximum absolute atomic E-state index is 12.6. The maximum atomic E-state index is 12.6. The number of hydrogen-bond donors (Lipinski definition) is 2. The number of aliphatic carboxylic acids is 1. The molecule has 2 aromatic rings. The summed E-state index contributed by atoms with van der Waals surface area (Å²) in [6, 6.07) is 5.50. The van der Waals surface area contributed by atoms with Crippen molar-refractivity contribution in [1.29, 1.82) is 0 Å². The van der Waals surface area contributed by atoms with Crippen molar-refractivity contribution in [2.45, 2.75) is 38.1 Å². The second-order valence-corrected chi connectivity index (χ2v) is 7.66. The molecule has 0 aliphatic carbocycles. The molecule has 2 N–H and O–H groups in total. The first-order valence-electron chi connectivity index (χ1n) is 7.31. The molecule has 2 rings (SSSR count). The second kappa shape index (κ2) is 6.64. The van der Waals surface area contributed by atoms with Crippen LogP contribution in [-0.4, -0.2) is 30.5 Å². The molecule has 0 unspecified atom stereocenters. The number of para-hydroxylation sites is 1. The molecule has 1 atom stereocenters. The van der Waals surface area contributed by atoms with Crippen LogP contribution in [-0.2, 0) is 14.8 Å². The van der Waals surface area contributed by atoms with Crippen LogP contribution in [0.25, 0.3) is 10.9 Å². The number of aromatic nitrogens is 1. The largest absolute Gasteiger partial charge is 0.480 e. The Morgan fingerprint density at radius 1 is 1.35 bits per heavy atom. The highest BCUT2D eigenvalue weighted by Gasteiger charge is 2.27. The van der Waals surface area contributed by atoms with E-state index in [1.165, 1.54) is 6.07 Å². The van der Waals surface area contributed by atoms with Gasteiger partial charge in [-0.25, -0.2) is 8.42 Å². The van der Waals surface area contributed by atoms with Crippen molar-refractivity contribution in [2.75, 3.05) is 0 Å². The van der Waals surface area contributed by atoms with E-state index in [0.29, 0.717) is 10.9 Å². The molecule has 0 fully saturated rings. The lowest BCUT2D eigenvalue weighted by molar-refractivity contribution is -0.139. The number of carboxylic acid groups (broad SMARTS) is 1. The van der Waals surface area contributed by atoms with Crippen molar-refractivity contribution in [3.63, 3.8) is 0 Å². The zero-order valence-corrected chi connectivity index (χ0v) is 14.1. The van der Waals surface area contributed by atoms with E-state index >= 15 is 0 Å². The lowest BCUT2D eigenvalue weighted by Crippen LogP contribution is -2.41. The molecule has 124 valence electrons. The third-order valence-electron chi connectivity index (χ3n) is 3.40. The number of aryl methyl sites for hydroxylation is 1. The predicted molar refractivity (Wildman–Crippen MR) is 87.7 cm³/mol. The van der Waals surface area contributed by atoms with Crippen molar-refractivity contribution >= 4 is 26.9 Å². The van der Waals surface area contributed by atoms with Gasteiger partial charge in [-0.15, -0.1) is 0 Å². The van der Waals surface area contributed by atoms with E-state index in [0.717, 1.165) is 5.56 Å². The van der Waals surface area contributed by atoms with Gasteiger partial charge in [-0.3, -0.25) is 9.78 Å². The number of carbonyl (C=O) groups is 1. The van der Waals surface area contributed by atoms with Gasteiger partial charge in [0.1, 0.15) is 10.9 Å². The van der Waals surface area contributed by atoms with Crippen LogP contribution in [0.1, 0.15) is 25.8 Å². The molecule has 0 radical (unpaired) electrons. The number of pyridine rings is 1. The SMILES string of the molecule is Cc1cnc2c(S(=O)(=O)N[C@@H](CC(C)C)C(=O)O)cccc2c1. The summed E-state index contributed by atoms with van der Waals surface area (Å²) in [7, 11) is -3.98. The molecule has 0 spiro atoms. The van der Waals surface area contributed by atoms with E-state index in [2.05, 4.69) is 9.71 Å². The summed E-state index contributed by atoms with van der Waals surface area (Å²) in [5.74, 6) is -1.14. The Hall–Kier alpha value is -1.99. The fourth-order valence-corrected chi connectivity index (χ4v) is 3.76. The van der Waals surface area contributed by atoms with E-state index in [4.69, 9.17) is 0 Å². The van der Waals surface area contributed by atoms with Crippen LogP contribution in [0.3, 0.4) is 0 Å². The lowest BCUT2D eigenvalue weighted by Gasteiger charge is -2.17. The molecule has 0 bridgehead atoms. The highest BCUT2D eigenvalue weighted by Crippen LogP contribution is 2.22. The van der Waals surface area contributed by atoms with Gasteiger partial charge in [0.05, 0.1) is 5.52 Å². The van der Waals surface area contributed by atoms with E-state index in [1.807, 2.05) is 26.8 Å². The summed E-state index contributed by atoms with van der Waals surface area (Å²) in [5, 5.41) is 9.94. The monoisotopic (exact) mass is 336 g/mol. The quantitative estimate of drug-likeness (QED) is 0.844. The Morgan fingerprint density at radius 3 is 2.65 bits per heavy atom. The molecule has 0 saturated heterocycles. The Labute approximate surface area is 135 Å². The third-order valence-corrected chi connectivity index (χ3v) is 4.91. The molecular weight excluding hydrogens is 316 g/mol. The van der Waals surface area contributed by atoms with Crippen LogP contribution in [0.15, 0.2) is 35.4 Å². The smallest absolute Gasteiger partial charge is 0.321 e. The number of fused-ring (bicyclic) bond motifs is 1. The van der Waals surface area contributed by atoms with Gasteiger partial charge in [-0.2, -0.15) is 4.72 Å². The van der Waals surface area contributed by atoms with Gasteiger partial charge in [0.25, 0.3) is 0 Å². The molecule has 1 heterocycles. The van der Waals surface area contributed by atoms with Gasteiger partial charge >= 0.3 is 5.97 Å². The predicted octanol–water partition coefficient (Wildman–Crippen LogP) is 2.32. The first-order chi connectivity index (χ1) is 10.7. The van der Waals surface area contributed by atoms with Crippen LogP contribution in [0.2, 0.25) is 0 Å². The molecule has 0 aliphatic rings. The third kappa shape index (κ3) is 4.05. The Balaban J connectivity index is 2.45. The Morgan fingerprint density at radius 2 is 2.04 bits per heavy atom. The standard InChI is InChI=1S/C16H20N2O4S/c1-10(2)7-13(16(19)20)18-23(21,22)14-6-4-5-12-8-11(3)9-17-15(12)14/h4-6,8-10,13,18H,7H2,1-3H3,(H,19,20)/t13-/m0/s1. The van der Waals surface area contributed by atoms with Crippen molar-refractivity contribution in [2.24, 2.45) is 5.92 Å². The molecule has 0 saturated carbocycles. The molecule has 7 heteroatoms. The van der Waals surface area contributed by atoms with Crippen molar-refractivity contribution in [3.8, 4) is 0 Å². The van der Waals surface area contributed by atoms with Crippen molar-refractivity contribution in [3.05, 3.63) is 36.0 Å². The van der Waals surface area contributed by atoms with Gasteiger partial charge in [0, 0.05) is 11.6 Å². The topological polar surface area (TPSA) is 96.4 Å². The van der Waals surface area contributed by atoms with Crippen LogP contribution in [0.4, 0.5) is 0 Å². The summed E-state index contributed by atoms with van der Waals surface area (Å²) >= 11 is 0. The zero-order valence-electron chi connectivity index (χ0n) is 13.3. The van der Waals surface area contributed by atoms with E-state index in [1.54, 1.807) is 18.3 Å². The second-order valence-electron chi connectivity index (χ2n) is 5.98. The van der Waals surface area contributed by atoms with Gasteiger partial charge in [-0.05, 0) is 37.0 Å². The number of sulfonamides is 1. The summed E-state index contributed by atoms with van der Waals surface area (Å²) in [6.07, 6.45) is 1.80. The zero-order chi connectivity index (χ0) is 17.2. The molecule has 1 aromatic carbocycles. The molecule has 1 aromatic heterocycles. The molecule has 0 amide bonds. The molecule has 23 heavy (non-hydrogen) atoms. The van der Waals surface area contributed by atoms with Crippen molar-refractivity contribution < 1.29 is 18.3 Å². The average molecular weight is 336 g/mol. The molecule has 6 nitrogen and oxygen atoms in total. The summed E-state index contributed by atoms with van der Waals surface area (Å²) in [5.41, 5.74) is 1.25. The summed E-state index contributed by atoms with van der Waals surface area (Å²) < 4.78 is 27.5. The number of hydrogen-bond acceptors (Lipinski definition) is 4. The fourth-order valence-electron chi connectivity index (χ4n) is 2.38. The summed E-state index contributed by atoms with van der Waals surface area (Å²) in [4.78, 5) is 15.5. The lowest BCUT2D eigenvalue weighted by atomic mass is 10.1. The number of nitrogens with zero attached hydrogens (tertiary/aromatic N) is 1. The summed E-state index contributed by atoms with van der Waals surface area (Å²) in [6.45, 7) is 5.55. The van der Waals surface area contributed by atoms with Gasteiger partial charge in [-0.1, -0.05) is 26.0 Å². The maximum Gasteiger partial charge on any atom is 0.321 e. The van der Waals surface area contributed by atoms with Gasteiger partial charge in [0.2, 0.25) is 10.0 Å². The molecule has 0 aliphatic heterocycles. The van der Waals surface area contributed by atoms with Crippen LogP contribution in [0, 0.1) is 12.8 Å². The van der Waals surface area contributed by atoms with Gasteiger partial charge in [0.15, 0.2) is 0 Å².